The highest BCUT2D eigenvalue weighted by Crippen LogP contribution is 2.44. The number of methoxy groups -OCH3 is 1. The van der Waals surface area contributed by atoms with Gasteiger partial charge >= 0.3 is 0 Å². The lowest BCUT2D eigenvalue weighted by molar-refractivity contribution is 0.0970. The second-order valence-electron chi connectivity index (χ2n) is 7.19. The number of benzene rings is 2. The van der Waals surface area contributed by atoms with Crippen LogP contribution in [0.2, 0.25) is 5.02 Å². The molecule has 0 radical (unpaired) electrons. The van der Waals surface area contributed by atoms with Crippen molar-refractivity contribution in [3.05, 3.63) is 79.1 Å². The van der Waals surface area contributed by atoms with Crippen LogP contribution in [-0.2, 0) is 0 Å². The molecule has 0 saturated heterocycles. The number of aromatic nitrogens is 2. The molecule has 0 aliphatic carbocycles. The Kier molecular flexibility index (Phi) is 4.56. The van der Waals surface area contributed by atoms with E-state index in [1.807, 2.05) is 25.1 Å². The molecule has 5 rings (SSSR count). The molecule has 2 aromatic heterocycles. The molecule has 1 amide bonds. The van der Waals surface area contributed by atoms with Crippen molar-refractivity contribution in [1.29, 1.82) is 0 Å². The zero-order chi connectivity index (χ0) is 21.9. The van der Waals surface area contributed by atoms with Crippen LogP contribution in [0, 0.1) is 13.8 Å². The van der Waals surface area contributed by atoms with Crippen LogP contribution in [-0.4, -0.2) is 23.2 Å². The molecule has 1 unspecified atom stereocenters. The molecule has 9 heteroatoms. The summed E-state index contributed by atoms with van der Waals surface area (Å²) in [5, 5.41) is 10.1. The van der Waals surface area contributed by atoms with Crippen molar-refractivity contribution >= 4 is 44.9 Å². The Bertz CT molecular complexity index is 1430. The van der Waals surface area contributed by atoms with Gasteiger partial charge in [0.1, 0.15) is 22.4 Å². The first-order valence-corrected chi connectivity index (χ1v) is 10.6. The summed E-state index contributed by atoms with van der Waals surface area (Å²) < 4.78 is 11.5. The Labute approximate surface area is 185 Å². The van der Waals surface area contributed by atoms with Crippen LogP contribution in [0.15, 0.2) is 45.6 Å². The van der Waals surface area contributed by atoms with Gasteiger partial charge in [0.15, 0.2) is 5.43 Å². The summed E-state index contributed by atoms with van der Waals surface area (Å²) in [7, 11) is 1.54. The lowest BCUT2D eigenvalue weighted by Gasteiger charge is -2.23. The van der Waals surface area contributed by atoms with Crippen molar-refractivity contribution in [1.82, 2.24) is 10.2 Å². The van der Waals surface area contributed by atoms with Gasteiger partial charge in [0.2, 0.25) is 10.9 Å². The molecule has 0 fully saturated rings. The monoisotopic (exact) mass is 453 g/mol. The van der Waals surface area contributed by atoms with E-state index in [-0.39, 0.29) is 16.8 Å². The number of para-hydroxylation sites is 1. The molecule has 2 aromatic carbocycles. The number of carbonyl (C=O) groups is 1. The van der Waals surface area contributed by atoms with E-state index in [2.05, 4.69) is 10.2 Å². The predicted molar refractivity (Wildman–Crippen MR) is 119 cm³/mol. The Hall–Kier alpha value is -3.23. The minimum Gasteiger partial charge on any atom is -0.496 e. The number of fused-ring (bicyclic) bond motifs is 2. The van der Waals surface area contributed by atoms with Gasteiger partial charge in [-0.15, -0.1) is 10.2 Å². The molecule has 4 aromatic rings. The average Bonchev–Trinajstić information content (AvgIpc) is 3.30. The van der Waals surface area contributed by atoms with E-state index >= 15 is 0 Å². The number of carbonyl (C=O) groups excluding carboxylic acids is 1. The highest BCUT2D eigenvalue weighted by atomic mass is 35.5. The van der Waals surface area contributed by atoms with E-state index < -0.39 is 11.9 Å². The van der Waals surface area contributed by atoms with Crippen LogP contribution in [0.3, 0.4) is 0 Å². The maximum absolute atomic E-state index is 13.6. The molecular weight excluding hydrogens is 438 g/mol. The van der Waals surface area contributed by atoms with Gasteiger partial charge in [0, 0.05) is 10.6 Å². The molecule has 1 aliphatic rings. The summed E-state index contributed by atoms with van der Waals surface area (Å²) in [6.07, 6.45) is 0. The molecule has 1 atom stereocenters. The highest BCUT2D eigenvalue weighted by molar-refractivity contribution is 7.15. The summed E-state index contributed by atoms with van der Waals surface area (Å²) in [6.45, 7) is 3.61. The topological polar surface area (TPSA) is 85.5 Å². The lowest BCUT2D eigenvalue weighted by Crippen LogP contribution is -2.29. The quantitative estimate of drug-likeness (QED) is 0.448. The van der Waals surface area contributed by atoms with E-state index in [0.717, 1.165) is 5.56 Å². The minimum atomic E-state index is -0.772. The number of hydrogen-bond donors (Lipinski definition) is 0. The van der Waals surface area contributed by atoms with E-state index in [0.29, 0.717) is 37.4 Å². The summed E-state index contributed by atoms with van der Waals surface area (Å²) in [6, 6.07) is 9.73. The smallest absolute Gasteiger partial charge is 0.297 e. The summed E-state index contributed by atoms with van der Waals surface area (Å²) in [5.74, 6) is 0.0810. The van der Waals surface area contributed by atoms with Gasteiger partial charge in [0.25, 0.3) is 5.91 Å². The van der Waals surface area contributed by atoms with Crippen molar-refractivity contribution in [3.63, 3.8) is 0 Å². The van der Waals surface area contributed by atoms with Gasteiger partial charge in [0.05, 0.1) is 18.1 Å². The molecule has 1 aliphatic heterocycles. The minimum absolute atomic E-state index is 0.0111. The Morgan fingerprint density at radius 3 is 2.65 bits per heavy atom. The van der Waals surface area contributed by atoms with Crippen LogP contribution in [0.25, 0.3) is 11.0 Å². The highest BCUT2D eigenvalue weighted by Gasteiger charge is 2.46. The van der Waals surface area contributed by atoms with Crippen molar-refractivity contribution in [2.24, 2.45) is 0 Å². The largest absolute Gasteiger partial charge is 0.496 e. The van der Waals surface area contributed by atoms with Crippen molar-refractivity contribution in [3.8, 4) is 5.75 Å². The van der Waals surface area contributed by atoms with Crippen molar-refractivity contribution < 1.29 is 13.9 Å². The van der Waals surface area contributed by atoms with Gasteiger partial charge in [-0.05, 0) is 37.6 Å². The molecule has 31 heavy (non-hydrogen) atoms. The number of anilines is 1. The second-order valence-corrected chi connectivity index (χ2v) is 8.76. The number of aryl methyl sites for hydroxylation is 2. The number of ether oxygens (including phenoxy) is 1. The van der Waals surface area contributed by atoms with E-state index in [1.54, 1.807) is 32.2 Å². The number of halogens is 1. The molecule has 156 valence electrons. The van der Waals surface area contributed by atoms with Crippen LogP contribution >= 0.6 is 22.9 Å². The lowest BCUT2D eigenvalue weighted by atomic mass is 9.97. The fourth-order valence-electron chi connectivity index (χ4n) is 3.86. The molecule has 0 bridgehead atoms. The summed E-state index contributed by atoms with van der Waals surface area (Å²) in [4.78, 5) is 28.6. The van der Waals surface area contributed by atoms with Crippen molar-refractivity contribution in [2.75, 3.05) is 12.0 Å². The van der Waals surface area contributed by atoms with Gasteiger partial charge in [-0.3, -0.25) is 14.5 Å². The average molecular weight is 454 g/mol. The molecule has 0 spiro atoms. The second kappa shape index (κ2) is 7.18. The van der Waals surface area contributed by atoms with Gasteiger partial charge in [-0.2, -0.15) is 0 Å². The maximum Gasteiger partial charge on any atom is 0.297 e. The first kappa shape index (κ1) is 19.7. The SMILES string of the molecule is COc1ccccc1C1c2c(oc3cc(C)c(Cl)cc3c2=O)C(=O)N1c1nnc(C)s1. The molecule has 0 N–H and O–H groups in total. The Morgan fingerprint density at radius 1 is 1.16 bits per heavy atom. The number of rotatable bonds is 3. The van der Waals surface area contributed by atoms with Crippen LogP contribution in [0.4, 0.5) is 5.13 Å². The van der Waals surface area contributed by atoms with Gasteiger partial charge in [-0.1, -0.05) is 41.1 Å². The number of hydrogen-bond acceptors (Lipinski definition) is 7. The fraction of sp³-hybridized carbons (Fsp3) is 0.182. The molecule has 7 nitrogen and oxygen atoms in total. The molecule has 0 saturated carbocycles. The van der Waals surface area contributed by atoms with E-state index in [1.165, 1.54) is 16.2 Å². The van der Waals surface area contributed by atoms with Crippen LogP contribution < -0.4 is 15.1 Å². The third kappa shape index (κ3) is 2.94. The van der Waals surface area contributed by atoms with E-state index in [9.17, 15) is 9.59 Å². The standard InChI is InChI=1S/C22H16ClN3O4S/c1-10-8-16-13(9-14(10)23)19(27)17-18(12-6-4-5-7-15(12)29-3)26(21(28)20(17)30-16)22-25-24-11(2)31-22/h4-9,18H,1-3H3. The normalized spacial score (nSPS) is 15.5. The predicted octanol–water partition coefficient (Wildman–Crippen LogP) is 4.67. The number of amides is 1. The van der Waals surface area contributed by atoms with Gasteiger partial charge < -0.3 is 9.15 Å². The third-order valence-electron chi connectivity index (χ3n) is 5.31. The maximum atomic E-state index is 13.6. The summed E-state index contributed by atoms with van der Waals surface area (Å²) >= 11 is 7.54. The Morgan fingerprint density at radius 2 is 1.94 bits per heavy atom. The van der Waals surface area contributed by atoms with Crippen LogP contribution in [0.5, 0.6) is 5.75 Å². The zero-order valence-corrected chi connectivity index (χ0v) is 18.4. The Balaban J connectivity index is 1.86. The first-order chi connectivity index (χ1) is 14.9. The van der Waals surface area contributed by atoms with Crippen LogP contribution in [0.1, 0.15) is 38.3 Å². The van der Waals surface area contributed by atoms with Crippen molar-refractivity contribution in [2.45, 2.75) is 19.9 Å². The summed E-state index contributed by atoms with van der Waals surface area (Å²) in [5.41, 5.74) is 1.63. The molecule has 3 heterocycles. The van der Waals surface area contributed by atoms with E-state index in [4.69, 9.17) is 20.8 Å². The number of nitrogens with zero attached hydrogens (tertiary/aromatic N) is 3. The third-order valence-corrected chi connectivity index (χ3v) is 6.55. The first-order valence-electron chi connectivity index (χ1n) is 9.44. The molecular formula is C22H16ClN3O4S. The fourth-order valence-corrected chi connectivity index (χ4v) is 4.74. The van der Waals surface area contributed by atoms with Gasteiger partial charge in [-0.25, -0.2) is 0 Å². The zero-order valence-electron chi connectivity index (χ0n) is 16.8.